The topological polar surface area (TPSA) is 46.5 Å². The van der Waals surface area contributed by atoms with E-state index >= 15 is 0 Å². The van der Waals surface area contributed by atoms with Gasteiger partial charge in [0.15, 0.2) is 5.75 Å². The van der Waals surface area contributed by atoms with Gasteiger partial charge in [0.05, 0.1) is 30.3 Å². The summed E-state index contributed by atoms with van der Waals surface area (Å²) in [5.41, 5.74) is 4.47. The Hall–Kier alpha value is -3.37. The SMILES string of the molecule is CCC1(c2cccc(Cl)c2)CN=C(c2c(OC)c(-c3ccccc3)nc3ccccc23)N1. The quantitative estimate of drug-likeness (QED) is 0.400. The van der Waals surface area contributed by atoms with Gasteiger partial charge in [-0.2, -0.15) is 0 Å². The number of pyridine rings is 1. The van der Waals surface area contributed by atoms with E-state index in [1.165, 1.54) is 0 Å². The predicted molar refractivity (Wildman–Crippen MR) is 132 cm³/mol. The van der Waals surface area contributed by atoms with Crippen LogP contribution in [0, 0.1) is 0 Å². The number of hydrogen-bond donors (Lipinski definition) is 1. The second-order valence-electron chi connectivity index (χ2n) is 7.99. The summed E-state index contributed by atoms with van der Waals surface area (Å²) in [5.74, 6) is 1.54. The number of benzene rings is 3. The molecule has 0 saturated carbocycles. The van der Waals surface area contributed by atoms with Crippen LogP contribution in [0.5, 0.6) is 5.75 Å². The van der Waals surface area contributed by atoms with Gasteiger partial charge in [-0.15, -0.1) is 0 Å². The number of rotatable bonds is 5. The second kappa shape index (κ2) is 8.29. The first-order valence-corrected chi connectivity index (χ1v) is 11.1. The van der Waals surface area contributed by atoms with E-state index < -0.39 is 0 Å². The first-order valence-electron chi connectivity index (χ1n) is 10.8. The lowest BCUT2D eigenvalue weighted by molar-refractivity contribution is 0.409. The highest BCUT2D eigenvalue weighted by atomic mass is 35.5. The van der Waals surface area contributed by atoms with Crippen molar-refractivity contribution in [3.8, 4) is 17.0 Å². The molecule has 0 amide bonds. The maximum absolute atomic E-state index is 6.32. The van der Waals surface area contributed by atoms with Crippen LogP contribution in [0.15, 0.2) is 83.9 Å². The van der Waals surface area contributed by atoms with E-state index in [0.717, 1.165) is 56.3 Å². The molecule has 3 aromatic carbocycles. The van der Waals surface area contributed by atoms with E-state index in [2.05, 4.69) is 36.5 Å². The fourth-order valence-electron chi connectivity index (χ4n) is 4.44. The van der Waals surface area contributed by atoms with Crippen LogP contribution in [0.1, 0.15) is 24.5 Å². The van der Waals surface area contributed by atoms with Crippen molar-refractivity contribution in [1.82, 2.24) is 10.3 Å². The molecule has 32 heavy (non-hydrogen) atoms. The monoisotopic (exact) mass is 441 g/mol. The first kappa shape index (κ1) is 20.5. The van der Waals surface area contributed by atoms with Crippen LogP contribution in [-0.4, -0.2) is 24.5 Å². The van der Waals surface area contributed by atoms with Gasteiger partial charge in [-0.3, -0.25) is 4.99 Å². The summed E-state index contributed by atoms with van der Waals surface area (Å²) >= 11 is 6.32. The molecule has 5 heteroatoms. The molecule has 4 nitrogen and oxygen atoms in total. The largest absolute Gasteiger partial charge is 0.494 e. The number of para-hydroxylation sites is 1. The summed E-state index contributed by atoms with van der Waals surface area (Å²) in [6.45, 7) is 2.79. The zero-order valence-corrected chi connectivity index (χ0v) is 18.9. The lowest BCUT2D eigenvalue weighted by Gasteiger charge is -2.30. The number of aliphatic imine (C=N–C) groups is 1. The van der Waals surface area contributed by atoms with Crippen molar-refractivity contribution < 1.29 is 4.74 Å². The Labute approximate surface area is 192 Å². The van der Waals surface area contributed by atoms with Gasteiger partial charge in [0, 0.05) is 16.0 Å². The van der Waals surface area contributed by atoms with Crippen molar-refractivity contribution in [2.75, 3.05) is 13.7 Å². The molecule has 0 radical (unpaired) electrons. The zero-order valence-electron chi connectivity index (χ0n) is 18.1. The minimum atomic E-state index is -0.317. The van der Waals surface area contributed by atoms with Crippen LogP contribution in [0.4, 0.5) is 0 Å². The Kier molecular flexibility index (Phi) is 5.32. The van der Waals surface area contributed by atoms with E-state index in [9.17, 15) is 0 Å². The number of nitrogens with one attached hydrogen (secondary N) is 1. The normalized spacial score (nSPS) is 17.8. The van der Waals surface area contributed by atoms with Crippen LogP contribution in [0.25, 0.3) is 22.2 Å². The molecule has 2 heterocycles. The van der Waals surface area contributed by atoms with Crippen LogP contribution in [0.3, 0.4) is 0 Å². The molecule has 1 unspecified atom stereocenters. The van der Waals surface area contributed by atoms with Crippen LogP contribution < -0.4 is 10.1 Å². The van der Waals surface area contributed by atoms with Gasteiger partial charge in [0.2, 0.25) is 0 Å². The molecule has 1 aliphatic rings. The molecular weight excluding hydrogens is 418 g/mol. The minimum Gasteiger partial charge on any atom is -0.494 e. The molecule has 0 fully saturated rings. The van der Waals surface area contributed by atoms with Crippen molar-refractivity contribution in [3.05, 3.63) is 95.0 Å². The highest BCUT2D eigenvalue weighted by molar-refractivity contribution is 6.30. The van der Waals surface area contributed by atoms with Gasteiger partial charge in [-0.1, -0.05) is 79.2 Å². The smallest absolute Gasteiger partial charge is 0.156 e. The van der Waals surface area contributed by atoms with Gasteiger partial charge < -0.3 is 10.1 Å². The molecule has 4 aromatic rings. The molecule has 0 bridgehead atoms. The third-order valence-electron chi connectivity index (χ3n) is 6.18. The number of ether oxygens (including phenoxy) is 1. The summed E-state index contributed by atoms with van der Waals surface area (Å²) in [4.78, 5) is 9.93. The van der Waals surface area contributed by atoms with Crippen molar-refractivity contribution >= 4 is 28.3 Å². The third kappa shape index (κ3) is 3.41. The Morgan fingerprint density at radius 3 is 2.53 bits per heavy atom. The number of nitrogens with zero attached hydrogens (tertiary/aromatic N) is 2. The molecule has 0 aliphatic carbocycles. The van der Waals surface area contributed by atoms with Crippen molar-refractivity contribution in [3.63, 3.8) is 0 Å². The number of halogens is 1. The van der Waals surface area contributed by atoms with Gasteiger partial charge in [0.1, 0.15) is 11.5 Å². The minimum absolute atomic E-state index is 0.317. The van der Waals surface area contributed by atoms with E-state index in [1.54, 1.807) is 7.11 Å². The van der Waals surface area contributed by atoms with Crippen molar-refractivity contribution in [2.45, 2.75) is 18.9 Å². The number of aromatic nitrogens is 1. The summed E-state index contributed by atoms with van der Waals surface area (Å²) in [5, 5.41) is 5.48. The first-order chi connectivity index (χ1) is 15.6. The Balaban J connectivity index is 1.69. The molecule has 0 saturated heterocycles. The van der Waals surface area contributed by atoms with Gasteiger partial charge in [-0.25, -0.2) is 4.98 Å². The molecule has 1 N–H and O–H groups in total. The Morgan fingerprint density at radius 2 is 1.78 bits per heavy atom. The summed E-state index contributed by atoms with van der Waals surface area (Å²) in [7, 11) is 1.70. The maximum atomic E-state index is 6.32. The average Bonchev–Trinajstić information content (AvgIpc) is 3.29. The molecule has 160 valence electrons. The number of fused-ring (bicyclic) bond motifs is 1. The lowest BCUT2D eigenvalue weighted by Crippen LogP contribution is -2.42. The highest BCUT2D eigenvalue weighted by Gasteiger charge is 2.37. The molecule has 1 aliphatic heterocycles. The summed E-state index contributed by atoms with van der Waals surface area (Å²) in [6, 6.07) is 26.3. The summed E-state index contributed by atoms with van der Waals surface area (Å²) < 4.78 is 5.97. The van der Waals surface area contributed by atoms with Gasteiger partial charge in [-0.05, 0) is 30.2 Å². The average molecular weight is 442 g/mol. The standard InChI is InChI=1S/C27H24ClN3O/c1-3-27(19-12-9-13-20(28)16-19)17-29-26(31-27)23-21-14-7-8-15-22(21)30-24(25(23)32-2)18-10-5-4-6-11-18/h4-16H,3,17H2,1-2H3,(H,29,31). The summed E-state index contributed by atoms with van der Waals surface area (Å²) in [6.07, 6.45) is 0.872. The van der Waals surface area contributed by atoms with E-state index in [4.69, 9.17) is 26.3 Å². The van der Waals surface area contributed by atoms with Crippen molar-refractivity contribution in [1.29, 1.82) is 0 Å². The fraction of sp³-hybridized carbons (Fsp3) is 0.185. The maximum Gasteiger partial charge on any atom is 0.156 e. The van der Waals surface area contributed by atoms with Crippen LogP contribution in [0.2, 0.25) is 5.02 Å². The van der Waals surface area contributed by atoms with Gasteiger partial charge in [0.25, 0.3) is 0 Å². The number of hydrogen-bond acceptors (Lipinski definition) is 4. The van der Waals surface area contributed by atoms with Gasteiger partial charge >= 0.3 is 0 Å². The molecular formula is C27H24ClN3O. The fourth-order valence-corrected chi connectivity index (χ4v) is 4.63. The molecule has 1 atom stereocenters. The number of amidine groups is 1. The lowest BCUT2D eigenvalue weighted by atomic mass is 9.88. The van der Waals surface area contributed by atoms with E-state index in [1.807, 2.05) is 54.6 Å². The number of methoxy groups -OCH3 is 1. The highest BCUT2D eigenvalue weighted by Crippen LogP contribution is 2.39. The third-order valence-corrected chi connectivity index (χ3v) is 6.42. The van der Waals surface area contributed by atoms with Crippen LogP contribution in [-0.2, 0) is 5.54 Å². The Bertz CT molecular complexity index is 1320. The second-order valence-corrected chi connectivity index (χ2v) is 8.42. The zero-order chi connectivity index (χ0) is 22.1. The van der Waals surface area contributed by atoms with E-state index in [-0.39, 0.29) is 5.54 Å². The predicted octanol–water partition coefficient (Wildman–Crippen LogP) is 6.22. The molecule has 1 aromatic heterocycles. The van der Waals surface area contributed by atoms with Crippen LogP contribution >= 0.6 is 11.6 Å². The Morgan fingerprint density at radius 1 is 1.00 bits per heavy atom. The molecule has 5 rings (SSSR count). The van der Waals surface area contributed by atoms with E-state index in [0.29, 0.717) is 6.54 Å². The van der Waals surface area contributed by atoms with Crippen molar-refractivity contribution in [2.24, 2.45) is 4.99 Å². The molecule has 0 spiro atoms.